The highest BCUT2D eigenvalue weighted by atomic mass is 15.2. The fourth-order valence-electron chi connectivity index (χ4n) is 1.83. The number of hydrogen-bond donors (Lipinski definition) is 0. The number of nitrogens with zero attached hydrogens (tertiary/aromatic N) is 4. The van der Waals surface area contributed by atoms with Crippen molar-refractivity contribution >= 4 is 16.6 Å². The van der Waals surface area contributed by atoms with Crippen molar-refractivity contribution in [2.24, 2.45) is 0 Å². The first-order valence-corrected chi connectivity index (χ1v) is 5.54. The van der Waals surface area contributed by atoms with E-state index >= 15 is 0 Å². The fraction of sp³-hybridized carbons (Fsp3) is 0.308. The topological polar surface area (TPSA) is 52.8 Å². The van der Waals surface area contributed by atoms with Gasteiger partial charge in [0.25, 0.3) is 0 Å². The van der Waals surface area contributed by atoms with E-state index in [0.717, 1.165) is 22.3 Å². The third-order valence-electron chi connectivity index (χ3n) is 2.77. The number of nitriles is 1. The van der Waals surface area contributed by atoms with E-state index in [1.165, 1.54) is 0 Å². The van der Waals surface area contributed by atoms with Gasteiger partial charge in [-0.1, -0.05) is 24.3 Å². The minimum Gasteiger partial charge on any atom is -0.357 e. The molecule has 0 amide bonds. The molecule has 1 heterocycles. The summed E-state index contributed by atoms with van der Waals surface area (Å²) in [7, 11) is 1.93. The smallest absolute Gasteiger partial charge is 0.158 e. The van der Waals surface area contributed by atoms with E-state index in [1.807, 2.05) is 43.1 Å². The normalized spacial score (nSPS) is 10.2. The molecule has 0 aliphatic heterocycles. The van der Waals surface area contributed by atoms with Gasteiger partial charge < -0.3 is 4.90 Å². The van der Waals surface area contributed by atoms with E-state index in [0.29, 0.717) is 13.0 Å². The molecule has 0 bridgehead atoms. The van der Waals surface area contributed by atoms with Crippen LogP contribution < -0.4 is 4.90 Å². The maximum absolute atomic E-state index is 8.61. The van der Waals surface area contributed by atoms with Crippen molar-refractivity contribution in [1.82, 2.24) is 10.2 Å². The van der Waals surface area contributed by atoms with Gasteiger partial charge in [0.2, 0.25) is 0 Å². The monoisotopic (exact) mass is 226 g/mol. The molecule has 17 heavy (non-hydrogen) atoms. The minimum absolute atomic E-state index is 0.486. The summed E-state index contributed by atoms with van der Waals surface area (Å²) in [6, 6.07) is 10.2. The number of hydrogen-bond acceptors (Lipinski definition) is 4. The van der Waals surface area contributed by atoms with E-state index in [-0.39, 0.29) is 0 Å². The quantitative estimate of drug-likeness (QED) is 0.805. The number of aromatic nitrogens is 2. The van der Waals surface area contributed by atoms with Crippen molar-refractivity contribution in [2.45, 2.75) is 13.3 Å². The van der Waals surface area contributed by atoms with E-state index in [2.05, 4.69) is 16.3 Å². The zero-order valence-corrected chi connectivity index (χ0v) is 10.0. The molecular weight excluding hydrogens is 212 g/mol. The van der Waals surface area contributed by atoms with Crippen LogP contribution in [0.3, 0.4) is 0 Å². The van der Waals surface area contributed by atoms with Crippen molar-refractivity contribution in [2.75, 3.05) is 18.5 Å². The second kappa shape index (κ2) is 4.79. The van der Waals surface area contributed by atoms with Gasteiger partial charge in [0.1, 0.15) is 0 Å². The lowest BCUT2D eigenvalue weighted by atomic mass is 10.1. The Balaban J connectivity index is 2.48. The van der Waals surface area contributed by atoms with Crippen LogP contribution in [0.1, 0.15) is 12.1 Å². The Morgan fingerprint density at radius 2 is 1.94 bits per heavy atom. The Morgan fingerprint density at radius 3 is 2.65 bits per heavy atom. The minimum atomic E-state index is 0.486. The molecular formula is C13H14N4. The largest absolute Gasteiger partial charge is 0.357 e. The molecule has 4 heteroatoms. The molecule has 86 valence electrons. The van der Waals surface area contributed by atoms with Crippen molar-refractivity contribution < 1.29 is 0 Å². The van der Waals surface area contributed by atoms with Crippen molar-refractivity contribution in [3.8, 4) is 6.07 Å². The molecule has 0 saturated carbocycles. The number of anilines is 1. The Bertz CT molecular complexity index is 571. The lowest BCUT2D eigenvalue weighted by Crippen LogP contribution is -2.20. The Kier molecular flexibility index (Phi) is 3.20. The molecule has 0 saturated heterocycles. The number of rotatable bonds is 3. The molecule has 0 atom stereocenters. The fourth-order valence-corrected chi connectivity index (χ4v) is 1.83. The SMILES string of the molecule is Cc1nnc(N(C)CCC#N)c2ccccc12. The Labute approximate surface area is 100 Å². The first kappa shape index (κ1) is 11.3. The lowest BCUT2D eigenvalue weighted by molar-refractivity contribution is 0.861. The van der Waals surface area contributed by atoms with Crippen LogP contribution in [-0.2, 0) is 0 Å². The zero-order valence-electron chi connectivity index (χ0n) is 10.0. The summed E-state index contributed by atoms with van der Waals surface area (Å²) >= 11 is 0. The highest BCUT2D eigenvalue weighted by Crippen LogP contribution is 2.24. The van der Waals surface area contributed by atoms with Crippen LogP contribution >= 0.6 is 0 Å². The molecule has 0 N–H and O–H groups in total. The first-order chi connectivity index (χ1) is 8.24. The van der Waals surface area contributed by atoms with Crippen LogP contribution in [0.4, 0.5) is 5.82 Å². The van der Waals surface area contributed by atoms with E-state index < -0.39 is 0 Å². The number of fused-ring (bicyclic) bond motifs is 1. The second-order valence-corrected chi connectivity index (χ2v) is 3.98. The van der Waals surface area contributed by atoms with Gasteiger partial charge >= 0.3 is 0 Å². The number of benzene rings is 1. The summed E-state index contributed by atoms with van der Waals surface area (Å²) < 4.78 is 0. The van der Waals surface area contributed by atoms with Gasteiger partial charge in [-0.25, -0.2) is 0 Å². The predicted molar refractivity (Wildman–Crippen MR) is 67.8 cm³/mol. The van der Waals surface area contributed by atoms with Gasteiger partial charge in [-0.15, -0.1) is 5.10 Å². The highest BCUT2D eigenvalue weighted by molar-refractivity contribution is 5.93. The van der Waals surface area contributed by atoms with Crippen LogP contribution in [0.25, 0.3) is 10.8 Å². The molecule has 2 aromatic rings. The third kappa shape index (κ3) is 2.18. The molecule has 1 aromatic carbocycles. The Morgan fingerprint density at radius 1 is 1.24 bits per heavy atom. The lowest BCUT2D eigenvalue weighted by Gasteiger charge is -2.18. The second-order valence-electron chi connectivity index (χ2n) is 3.98. The maximum Gasteiger partial charge on any atom is 0.158 e. The van der Waals surface area contributed by atoms with Gasteiger partial charge in [-0.3, -0.25) is 0 Å². The summed E-state index contributed by atoms with van der Waals surface area (Å²) in [6.07, 6.45) is 0.486. The molecule has 0 fully saturated rings. The van der Waals surface area contributed by atoms with Crippen LogP contribution in [0, 0.1) is 18.3 Å². The van der Waals surface area contributed by atoms with Gasteiger partial charge in [0.05, 0.1) is 18.2 Å². The summed E-state index contributed by atoms with van der Waals surface area (Å²) in [5, 5.41) is 19.2. The Hall–Kier alpha value is -2.15. The number of aryl methyl sites for hydroxylation is 1. The molecule has 0 unspecified atom stereocenters. The van der Waals surface area contributed by atoms with Crippen LogP contribution in [0.2, 0.25) is 0 Å². The van der Waals surface area contributed by atoms with Crippen LogP contribution in [-0.4, -0.2) is 23.8 Å². The molecule has 2 rings (SSSR count). The van der Waals surface area contributed by atoms with Gasteiger partial charge in [0, 0.05) is 24.4 Å². The predicted octanol–water partition coefficient (Wildman–Crippen LogP) is 2.29. The van der Waals surface area contributed by atoms with E-state index in [4.69, 9.17) is 5.26 Å². The molecule has 1 aromatic heterocycles. The summed E-state index contributed by atoms with van der Waals surface area (Å²) in [5.74, 6) is 0.835. The molecule has 0 spiro atoms. The molecule has 4 nitrogen and oxygen atoms in total. The standard InChI is InChI=1S/C13H14N4/c1-10-11-6-3-4-7-12(11)13(16-15-10)17(2)9-5-8-14/h3-4,6-7H,5,9H2,1-2H3. The first-order valence-electron chi connectivity index (χ1n) is 5.54. The molecule has 0 aliphatic rings. The highest BCUT2D eigenvalue weighted by Gasteiger charge is 2.09. The summed E-state index contributed by atoms with van der Waals surface area (Å²) in [5.41, 5.74) is 0.929. The van der Waals surface area contributed by atoms with Gasteiger partial charge in [-0.05, 0) is 6.92 Å². The molecule has 0 aliphatic carbocycles. The third-order valence-corrected chi connectivity index (χ3v) is 2.77. The van der Waals surface area contributed by atoms with Gasteiger partial charge in [0.15, 0.2) is 5.82 Å². The van der Waals surface area contributed by atoms with Crippen molar-refractivity contribution in [1.29, 1.82) is 5.26 Å². The summed E-state index contributed by atoms with van der Waals surface area (Å²) in [6.45, 7) is 2.62. The average Bonchev–Trinajstić information content (AvgIpc) is 2.37. The van der Waals surface area contributed by atoms with Crippen molar-refractivity contribution in [3.05, 3.63) is 30.0 Å². The van der Waals surface area contributed by atoms with E-state index in [1.54, 1.807) is 0 Å². The van der Waals surface area contributed by atoms with Gasteiger partial charge in [-0.2, -0.15) is 10.4 Å². The molecule has 0 radical (unpaired) electrons. The van der Waals surface area contributed by atoms with Crippen LogP contribution in [0.5, 0.6) is 0 Å². The van der Waals surface area contributed by atoms with Crippen LogP contribution in [0.15, 0.2) is 24.3 Å². The summed E-state index contributed by atoms with van der Waals surface area (Å²) in [4.78, 5) is 1.97. The average molecular weight is 226 g/mol. The van der Waals surface area contributed by atoms with E-state index in [9.17, 15) is 0 Å². The maximum atomic E-state index is 8.61. The zero-order chi connectivity index (χ0) is 12.3. The van der Waals surface area contributed by atoms with Crippen molar-refractivity contribution in [3.63, 3.8) is 0 Å².